The summed E-state index contributed by atoms with van der Waals surface area (Å²) in [4.78, 5) is 23.9. The largest absolute Gasteiger partial charge is 0.493 e. The van der Waals surface area contributed by atoms with Crippen LogP contribution in [0.1, 0.15) is 61.2 Å². The van der Waals surface area contributed by atoms with Gasteiger partial charge in [0, 0.05) is 23.7 Å². The standard InChI is InChI=1S/C21H24N4O4.C5H12/c1-12-9-15-10-17(28-3)18(29-4)11-16(15)19(24-25(12)21(27)23-2)13-5-7-14(8-6-13)20(22)26;1-4-5(2)3/h5-8,10-12H,9H2,1-4H3,(H2,22,26)(H,23,27);5H,4H2,1-3H3. The highest BCUT2D eigenvalue weighted by atomic mass is 16.5. The number of nitrogens with one attached hydrogen (secondary N) is 1. The molecule has 1 aliphatic heterocycles. The van der Waals surface area contributed by atoms with Gasteiger partial charge in [0.25, 0.3) is 0 Å². The molecule has 1 aliphatic rings. The lowest BCUT2D eigenvalue weighted by atomic mass is 9.93. The molecule has 0 fully saturated rings. The van der Waals surface area contributed by atoms with Crippen molar-refractivity contribution in [1.82, 2.24) is 10.3 Å². The number of fused-ring (bicyclic) bond motifs is 1. The molecule has 3 N–H and O–H groups in total. The van der Waals surface area contributed by atoms with Crippen LogP contribution in [0.3, 0.4) is 0 Å². The van der Waals surface area contributed by atoms with E-state index in [1.165, 1.54) is 11.4 Å². The molecule has 0 aromatic heterocycles. The van der Waals surface area contributed by atoms with Crippen molar-refractivity contribution in [2.24, 2.45) is 16.8 Å². The Labute approximate surface area is 202 Å². The molecule has 2 aromatic carbocycles. The van der Waals surface area contributed by atoms with Gasteiger partial charge in [-0.1, -0.05) is 39.3 Å². The lowest BCUT2D eigenvalue weighted by Gasteiger charge is -2.22. The third kappa shape index (κ3) is 6.27. The van der Waals surface area contributed by atoms with Crippen molar-refractivity contribution in [3.8, 4) is 11.5 Å². The third-order valence-corrected chi connectivity index (χ3v) is 5.69. The molecule has 3 rings (SSSR count). The molecule has 8 heteroatoms. The zero-order chi connectivity index (χ0) is 25.4. The zero-order valence-corrected chi connectivity index (χ0v) is 21.1. The Balaban J connectivity index is 0.000000739. The monoisotopic (exact) mass is 468 g/mol. The molecule has 0 spiro atoms. The minimum absolute atomic E-state index is 0.186. The molecule has 0 saturated heterocycles. The number of amides is 3. The number of ether oxygens (including phenoxy) is 2. The number of benzene rings is 2. The smallest absolute Gasteiger partial charge is 0.337 e. The first-order valence-electron chi connectivity index (χ1n) is 11.4. The molecule has 0 aliphatic carbocycles. The summed E-state index contributed by atoms with van der Waals surface area (Å²) in [7, 11) is 4.72. The molecule has 184 valence electrons. The number of hydrogen-bond donors (Lipinski definition) is 2. The summed E-state index contributed by atoms with van der Waals surface area (Å²) in [6.45, 7) is 8.57. The lowest BCUT2D eigenvalue weighted by Crippen LogP contribution is -2.41. The molecular formula is C26H36N4O4. The summed E-state index contributed by atoms with van der Waals surface area (Å²) in [5.74, 6) is 1.55. The van der Waals surface area contributed by atoms with Crippen molar-refractivity contribution in [2.75, 3.05) is 21.3 Å². The molecular weight excluding hydrogens is 432 g/mol. The Morgan fingerprint density at radius 1 is 1.15 bits per heavy atom. The zero-order valence-electron chi connectivity index (χ0n) is 21.1. The van der Waals surface area contributed by atoms with Crippen LogP contribution >= 0.6 is 0 Å². The van der Waals surface area contributed by atoms with Crippen LogP contribution < -0.4 is 20.5 Å². The first-order chi connectivity index (χ1) is 16.2. The van der Waals surface area contributed by atoms with Crippen molar-refractivity contribution in [1.29, 1.82) is 0 Å². The van der Waals surface area contributed by atoms with Gasteiger partial charge in [-0.25, -0.2) is 9.80 Å². The molecule has 0 saturated carbocycles. The van der Waals surface area contributed by atoms with Crippen molar-refractivity contribution in [2.45, 2.75) is 46.6 Å². The summed E-state index contributed by atoms with van der Waals surface area (Å²) in [6, 6.07) is 10.1. The normalized spacial score (nSPS) is 14.8. The Morgan fingerprint density at radius 3 is 2.18 bits per heavy atom. The van der Waals surface area contributed by atoms with Crippen molar-refractivity contribution in [3.63, 3.8) is 0 Å². The topological polar surface area (TPSA) is 106 Å². The second-order valence-corrected chi connectivity index (χ2v) is 8.51. The van der Waals surface area contributed by atoms with E-state index < -0.39 is 5.91 Å². The maximum Gasteiger partial charge on any atom is 0.337 e. The number of carbonyl (C=O) groups is 2. The fourth-order valence-corrected chi connectivity index (χ4v) is 3.34. The van der Waals surface area contributed by atoms with Crippen LogP contribution in [0.15, 0.2) is 41.5 Å². The summed E-state index contributed by atoms with van der Waals surface area (Å²) >= 11 is 0. The molecule has 1 unspecified atom stereocenters. The second kappa shape index (κ2) is 12.1. The summed E-state index contributed by atoms with van der Waals surface area (Å²) in [6.07, 6.45) is 1.88. The van der Waals surface area contributed by atoms with E-state index in [-0.39, 0.29) is 12.1 Å². The average molecular weight is 469 g/mol. The van der Waals surface area contributed by atoms with Crippen LogP contribution in [0, 0.1) is 5.92 Å². The number of primary amides is 1. The number of hydrazone groups is 1. The van der Waals surface area contributed by atoms with Gasteiger partial charge in [0.1, 0.15) is 0 Å². The Bertz CT molecular complexity index is 1030. The summed E-state index contributed by atoms with van der Waals surface area (Å²) in [5.41, 5.74) is 8.87. The minimum atomic E-state index is -0.508. The van der Waals surface area contributed by atoms with Crippen molar-refractivity contribution in [3.05, 3.63) is 58.7 Å². The van der Waals surface area contributed by atoms with Crippen LogP contribution in [-0.2, 0) is 6.42 Å². The number of nitrogens with two attached hydrogens (primary N) is 1. The highest BCUT2D eigenvalue weighted by molar-refractivity contribution is 6.14. The van der Waals surface area contributed by atoms with Gasteiger partial charge in [-0.15, -0.1) is 0 Å². The molecule has 1 atom stereocenters. The molecule has 8 nitrogen and oxygen atoms in total. The number of urea groups is 1. The van der Waals surface area contributed by atoms with Crippen molar-refractivity contribution < 1.29 is 19.1 Å². The maximum absolute atomic E-state index is 12.4. The number of carbonyl (C=O) groups excluding carboxylic acids is 2. The van der Waals surface area contributed by atoms with Gasteiger partial charge in [0.15, 0.2) is 11.5 Å². The van der Waals surface area contributed by atoms with E-state index in [0.717, 1.165) is 22.6 Å². The minimum Gasteiger partial charge on any atom is -0.493 e. The Hall–Kier alpha value is -3.55. The van der Waals surface area contributed by atoms with Gasteiger partial charge in [0.05, 0.1) is 26.0 Å². The van der Waals surface area contributed by atoms with E-state index in [4.69, 9.17) is 15.2 Å². The Morgan fingerprint density at radius 2 is 1.71 bits per heavy atom. The second-order valence-electron chi connectivity index (χ2n) is 8.51. The van der Waals surface area contributed by atoms with Gasteiger partial charge in [-0.3, -0.25) is 4.79 Å². The van der Waals surface area contributed by atoms with Gasteiger partial charge < -0.3 is 20.5 Å². The first-order valence-corrected chi connectivity index (χ1v) is 11.4. The third-order valence-electron chi connectivity index (χ3n) is 5.69. The number of hydrogen-bond acceptors (Lipinski definition) is 5. The average Bonchev–Trinajstić information content (AvgIpc) is 2.98. The van der Waals surface area contributed by atoms with Gasteiger partial charge in [0.2, 0.25) is 5.91 Å². The van der Waals surface area contributed by atoms with E-state index in [2.05, 4.69) is 31.2 Å². The predicted octanol–water partition coefficient (Wildman–Crippen LogP) is 4.19. The quantitative estimate of drug-likeness (QED) is 0.686. The molecule has 0 bridgehead atoms. The van der Waals surface area contributed by atoms with E-state index in [0.29, 0.717) is 29.2 Å². The summed E-state index contributed by atoms with van der Waals surface area (Å²) < 4.78 is 10.9. The number of methoxy groups -OCH3 is 2. The van der Waals surface area contributed by atoms with Crippen LogP contribution in [0.4, 0.5) is 4.79 Å². The molecule has 1 heterocycles. The first kappa shape index (κ1) is 26.7. The predicted molar refractivity (Wildman–Crippen MR) is 135 cm³/mol. The van der Waals surface area contributed by atoms with Crippen LogP contribution in [0.25, 0.3) is 0 Å². The van der Waals surface area contributed by atoms with E-state index in [1.807, 2.05) is 19.1 Å². The number of rotatable bonds is 5. The van der Waals surface area contributed by atoms with Crippen LogP contribution in [0.5, 0.6) is 11.5 Å². The fraction of sp³-hybridized carbons (Fsp3) is 0.423. The highest BCUT2D eigenvalue weighted by Crippen LogP contribution is 2.34. The SMILES string of the molecule is CCC(C)C.CNC(=O)N1N=C(c2ccc(C(N)=O)cc2)c2cc(OC)c(OC)cc2CC1C. The van der Waals surface area contributed by atoms with Gasteiger partial charge in [-0.05, 0) is 49.1 Å². The summed E-state index contributed by atoms with van der Waals surface area (Å²) in [5, 5.41) is 8.73. The Kier molecular flexibility index (Phi) is 9.47. The highest BCUT2D eigenvalue weighted by Gasteiger charge is 2.28. The van der Waals surface area contributed by atoms with E-state index >= 15 is 0 Å². The molecule has 2 aromatic rings. The van der Waals surface area contributed by atoms with Crippen molar-refractivity contribution >= 4 is 17.6 Å². The van der Waals surface area contributed by atoms with E-state index in [9.17, 15) is 9.59 Å². The van der Waals surface area contributed by atoms with Gasteiger partial charge in [-0.2, -0.15) is 5.10 Å². The lowest BCUT2D eigenvalue weighted by molar-refractivity contribution is 0.1000. The van der Waals surface area contributed by atoms with Crippen LogP contribution in [0.2, 0.25) is 0 Å². The maximum atomic E-state index is 12.4. The fourth-order valence-electron chi connectivity index (χ4n) is 3.34. The van der Waals surface area contributed by atoms with Crippen LogP contribution in [-0.4, -0.2) is 50.0 Å². The molecule has 34 heavy (non-hydrogen) atoms. The molecule has 0 radical (unpaired) electrons. The molecule has 3 amide bonds. The van der Waals surface area contributed by atoms with E-state index in [1.54, 1.807) is 45.5 Å². The van der Waals surface area contributed by atoms with Gasteiger partial charge >= 0.3 is 6.03 Å². The number of nitrogens with zero attached hydrogens (tertiary/aromatic N) is 2.